The number of halogens is 1. The third-order valence-corrected chi connectivity index (χ3v) is 5.46. The van der Waals surface area contributed by atoms with E-state index in [4.69, 9.17) is 4.74 Å². The fourth-order valence-electron chi connectivity index (χ4n) is 3.90. The van der Waals surface area contributed by atoms with Crippen LogP contribution in [0.1, 0.15) is 22.4 Å². The molecule has 4 rings (SSSR count). The van der Waals surface area contributed by atoms with Gasteiger partial charge < -0.3 is 14.2 Å². The van der Waals surface area contributed by atoms with E-state index in [9.17, 15) is 4.39 Å². The molecule has 0 atom stereocenters. The number of nitrogens with zero attached hydrogens (tertiary/aromatic N) is 2. The standard InChI is InChI=1S/C23H25FN2O/c1-16-4-7-22-20(14-16)19-9-11-25(2)12-10-23(19)26(22)13-8-17-5-6-18(27-3)15-21(17)24/h4-8,13-15H,9-12H2,1-3H3/b13-8+. The quantitative estimate of drug-likeness (QED) is 0.667. The normalized spacial score (nSPS) is 15.3. The fraction of sp³-hybridized carbons (Fsp3) is 0.304. The summed E-state index contributed by atoms with van der Waals surface area (Å²) in [5.41, 5.74) is 5.79. The first kappa shape index (κ1) is 17.8. The molecule has 0 radical (unpaired) electrons. The molecule has 0 saturated heterocycles. The van der Waals surface area contributed by atoms with E-state index in [0.29, 0.717) is 11.3 Å². The van der Waals surface area contributed by atoms with Crippen molar-refractivity contribution in [3.05, 3.63) is 64.6 Å². The summed E-state index contributed by atoms with van der Waals surface area (Å²) in [7, 11) is 3.72. The molecule has 0 unspecified atom stereocenters. The molecule has 0 bridgehead atoms. The van der Waals surface area contributed by atoms with Crippen LogP contribution in [0.4, 0.5) is 4.39 Å². The van der Waals surface area contributed by atoms with E-state index in [0.717, 1.165) is 25.9 Å². The predicted molar refractivity (Wildman–Crippen MR) is 110 cm³/mol. The van der Waals surface area contributed by atoms with Gasteiger partial charge in [0.25, 0.3) is 0 Å². The fourth-order valence-corrected chi connectivity index (χ4v) is 3.90. The van der Waals surface area contributed by atoms with E-state index in [-0.39, 0.29) is 5.82 Å². The summed E-state index contributed by atoms with van der Waals surface area (Å²) in [6.07, 6.45) is 5.90. The lowest BCUT2D eigenvalue weighted by Gasteiger charge is -2.12. The van der Waals surface area contributed by atoms with E-state index >= 15 is 0 Å². The second-order valence-electron chi connectivity index (χ2n) is 7.32. The molecule has 0 aliphatic carbocycles. The smallest absolute Gasteiger partial charge is 0.134 e. The molecule has 3 nitrogen and oxygen atoms in total. The SMILES string of the molecule is COc1ccc(/C=C/n2c3c(c4cc(C)ccc42)CCN(C)CC3)c(F)c1. The molecule has 0 fully saturated rings. The predicted octanol–water partition coefficient (Wildman–Crippen LogP) is 4.76. The molecule has 2 aromatic carbocycles. The Bertz CT molecular complexity index is 1020. The number of ether oxygens (including phenoxy) is 1. The van der Waals surface area contributed by atoms with Crippen LogP contribution in [0.5, 0.6) is 5.75 Å². The zero-order valence-electron chi connectivity index (χ0n) is 16.1. The number of methoxy groups -OCH3 is 1. The molecular weight excluding hydrogens is 339 g/mol. The van der Waals surface area contributed by atoms with Gasteiger partial charge >= 0.3 is 0 Å². The third kappa shape index (κ3) is 3.37. The molecule has 3 aromatic rings. The lowest BCUT2D eigenvalue weighted by molar-refractivity contribution is 0.351. The van der Waals surface area contributed by atoms with Gasteiger partial charge in [0, 0.05) is 48.4 Å². The van der Waals surface area contributed by atoms with Crippen LogP contribution in [0, 0.1) is 12.7 Å². The van der Waals surface area contributed by atoms with Gasteiger partial charge in [0.2, 0.25) is 0 Å². The van der Waals surface area contributed by atoms with Crippen LogP contribution in [-0.4, -0.2) is 36.7 Å². The zero-order valence-corrected chi connectivity index (χ0v) is 16.1. The second kappa shape index (κ2) is 7.20. The summed E-state index contributed by atoms with van der Waals surface area (Å²) in [5, 5.41) is 1.32. The van der Waals surface area contributed by atoms with Crippen molar-refractivity contribution in [1.82, 2.24) is 9.47 Å². The van der Waals surface area contributed by atoms with Crippen molar-refractivity contribution >= 4 is 23.2 Å². The highest BCUT2D eigenvalue weighted by Gasteiger charge is 2.19. The van der Waals surface area contributed by atoms with Gasteiger partial charge in [-0.15, -0.1) is 0 Å². The van der Waals surface area contributed by atoms with Crippen LogP contribution in [0.15, 0.2) is 36.4 Å². The highest BCUT2D eigenvalue weighted by molar-refractivity contribution is 5.89. The molecular formula is C23H25FN2O. The number of hydrogen-bond acceptors (Lipinski definition) is 2. The largest absolute Gasteiger partial charge is 0.497 e. The number of rotatable bonds is 3. The number of fused-ring (bicyclic) bond motifs is 3. The Hall–Kier alpha value is -2.59. The van der Waals surface area contributed by atoms with Crippen LogP contribution in [-0.2, 0) is 12.8 Å². The van der Waals surface area contributed by atoms with E-state index in [2.05, 4.69) is 41.6 Å². The average molecular weight is 364 g/mol. The highest BCUT2D eigenvalue weighted by atomic mass is 19.1. The summed E-state index contributed by atoms with van der Waals surface area (Å²) in [6.45, 7) is 4.23. The third-order valence-electron chi connectivity index (χ3n) is 5.46. The van der Waals surface area contributed by atoms with Crippen molar-refractivity contribution in [2.45, 2.75) is 19.8 Å². The van der Waals surface area contributed by atoms with Gasteiger partial charge in [-0.2, -0.15) is 0 Å². The maximum absolute atomic E-state index is 14.3. The Kier molecular flexibility index (Phi) is 4.75. The van der Waals surface area contributed by atoms with E-state index in [1.807, 2.05) is 12.3 Å². The maximum atomic E-state index is 14.3. The lowest BCUT2D eigenvalue weighted by Crippen LogP contribution is -2.21. The molecule has 1 aliphatic rings. The van der Waals surface area contributed by atoms with Crippen molar-refractivity contribution in [3.8, 4) is 5.75 Å². The first-order chi connectivity index (χ1) is 13.1. The number of hydrogen-bond donors (Lipinski definition) is 0. The van der Waals surface area contributed by atoms with Gasteiger partial charge in [-0.25, -0.2) is 4.39 Å². The Morgan fingerprint density at radius 2 is 1.89 bits per heavy atom. The van der Waals surface area contributed by atoms with Crippen molar-refractivity contribution in [3.63, 3.8) is 0 Å². The summed E-state index contributed by atoms with van der Waals surface area (Å²) in [5.74, 6) is 0.257. The van der Waals surface area contributed by atoms with Crippen LogP contribution < -0.4 is 4.74 Å². The van der Waals surface area contributed by atoms with E-state index in [1.54, 1.807) is 19.2 Å². The number of likely N-dealkylation sites (N-methyl/N-ethyl adjacent to an activating group) is 1. The Labute approximate surface area is 159 Å². The molecule has 140 valence electrons. The molecule has 0 N–H and O–H groups in total. The Morgan fingerprint density at radius 1 is 1.07 bits per heavy atom. The first-order valence-electron chi connectivity index (χ1n) is 9.39. The monoisotopic (exact) mass is 364 g/mol. The molecule has 2 heterocycles. The minimum atomic E-state index is -0.274. The van der Waals surface area contributed by atoms with E-state index < -0.39 is 0 Å². The Balaban J connectivity index is 1.81. The van der Waals surface area contributed by atoms with Gasteiger partial charge in [-0.3, -0.25) is 0 Å². The molecule has 27 heavy (non-hydrogen) atoms. The molecule has 0 spiro atoms. The van der Waals surface area contributed by atoms with Gasteiger partial charge in [-0.05, 0) is 56.3 Å². The van der Waals surface area contributed by atoms with Gasteiger partial charge in [-0.1, -0.05) is 11.6 Å². The first-order valence-corrected chi connectivity index (χ1v) is 9.39. The van der Waals surface area contributed by atoms with Crippen LogP contribution in [0.3, 0.4) is 0 Å². The van der Waals surface area contributed by atoms with Crippen molar-refractivity contribution in [2.24, 2.45) is 0 Å². The second-order valence-corrected chi connectivity index (χ2v) is 7.32. The maximum Gasteiger partial charge on any atom is 0.134 e. The molecule has 1 aromatic heterocycles. The van der Waals surface area contributed by atoms with Crippen molar-refractivity contribution < 1.29 is 9.13 Å². The van der Waals surface area contributed by atoms with Crippen LogP contribution in [0.25, 0.3) is 23.2 Å². The summed E-state index contributed by atoms with van der Waals surface area (Å²) in [4.78, 5) is 2.37. The highest BCUT2D eigenvalue weighted by Crippen LogP contribution is 2.31. The zero-order chi connectivity index (χ0) is 19.0. The van der Waals surface area contributed by atoms with Gasteiger partial charge in [0.15, 0.2) is 0 Å². The number of aryl methyl sites for hydroxylation is 1. The number of aromatic nitrogens is 1. The van der Waals surface area contributed by atoms with Crippen LogP contribution in [0.2, 0.25) is 0 Å². The number of benzene rings is 2. The molecule has 4 heteroatoms. The van der Waals surface area contributed by atoms with E-state index in [1.165, 1.54) is 33.8 Å². The molecule has 0 amide bonds. The topological polar surface area (TPSA) is 17.4 Å². The lowest BCUT2D eigenvalue weighted by atomic mass is 10.1. The average Bonchev–Trinajstić information content (AvgIpc) is 2.80. The van der Waals surface area contributed by atoms with Crippen LogP contribution >= 0.6 is 0 Å². The summed E-state index contributed by atoms with van der Waals surface area (Å²) >= 11 is 0. The van der Waals surface area contributed by atoms with Crippen molar-refractivity contribution in [1.29, 1.82) is 0 Å². The Morgan fingerprint density at radius 3 is 2.67 bits per heavy atom. The summed E-state index contributed by atoms with van der Waals surface area (Å²) < 4.78 is 21.7. The van der Waals surface area contributed by atoms with Gasteiger partial charge in [0.1, 0.15) is 11.6 Å². The molecule has 0 saturated carbocycles. The molecule has 1 aliphatic heterocycles. The minimum absolute atomic E-state index is 0.274. The summed E-state index contributed by atoms with van der Waals surface area (Å²) in [6, 6.07) is 11.6. The van der Waals surface area contributed by atoms with Crippen molar-refractivity contribution in [2.75, 3.05) is 27.2 Å². The minimum Gasteiger partial charge on any atom is -0.497 e. The van der Waals surface area contributed by atoms with Gasteiger partial charge in [0.05, 0.1) is 12.6 Å².